The third-order valence-corrected chi connectivity index (χ3v) is 5.89. The Kier molecular flexibility index (Phi) is 7.21. The minimum absolute atomic E-state index is 0.146. The van der Waals surface area contributed by atoms with Crippen LogP contribution in [0.15, 0.2) is 60.7 Å². The van der Waals surface area contributed by atoms with E-state index in [-0.39, 0.29) is 18.4 Å². The van der Waals surface area contributed by atoms with Crippen molar-refractivity contribution in [1.29, 1.82) is 0 Å². The molecule has 0 unspecified atom stereocenters. The highest BCUT2D eigenvalue weighted by atomic mass is 19.1. The molecule has 0 bridgehead atoms. The molecule has 0 aromatic heterocycles. The zero-order valence-corrected chi connectivity index (χ0v) is 19.7. The Morgan fingerprint density at radius 2 is 1.62 bits per heavy atom. The summed E-state index contributed by atoms with van der Waals surface area (Å²) in [4.78, 5) is 16.8. The maximum atomic E-state index is 13.8. The van der Waals surface area contributed by atoms with Gasteiger partial charge in [0.1, 0.15) is 18.2 Å². The van der Waals surface area contributed by atoms with Gasteiger partial charge in [-0.15, -0.1) is 0 Å². The van der Waals surface area contributed by atoms with Gasteiger partial charge in [-0.1, -0.05) is 29.8 Å². The van der Waals surface area contributed by atoms with Crippen LogP contribution in [0.5, 0.6) is 17.2 Å². The predicted molar refractivity (Wildman–Crippen MR) is 129 cm³/mol. The van der Waals surface area contributed by atoms with Gasteiger partial charge in [0.15, 0.2) is 11.5 Å². The van der Waals surface area contributed by atoms with Gasteiger partial charge in [-0.2, -0.15) is 0 Å². The monoisotopic (exact) mass is 464 g/mol. The molecule has 178 valence electrons. The highest BCUT2D eigenvalue weighted by Crippen LogP contribution is 2.34. The highest BCUT2D eigenvalue weighted by Gasteiger charge is 2.28. The molecule has 0 aliphatic carbocycles. The van der Waals surface area contributed by atoms with Crippen LogP contribution >= 0.6 is 0 Å². The van der Waals surface area contributed by atoms with Crippen LogP contribution in [0, 0.1) is 12.7 Å². The number of carbonyl (C=O) groups is 1. The molecule has 3 aromatic rings. The zero-order valence-electron chi connectivity index (χ0n) is 19.7. The molecule has 3 aromatic carbocycles. The Morgan fingerprint density at radius 3 is 2.35 bits per heavy atom. The smallest absolute Gasteiger partial charge is 0.324 e. The summed E-state index contributed by atoms with van der Waals surface area (Å²) in [6.45, 7) is 3.87. The largest absolute Gasteiger partial charge is 0.496 e. The number of ether oxygens (including phenoxy) is 3. The van der Waals surface area contributed by atoms with E-state index in [4.69, 9.17) is 14.2 Å². The molecule has 1 aliphatic heterocycles. The maximum Gasteiger partial charge on any atom is 0.324 e. The van der Waals surface area contributed by atoms with E-state index in [9.17, 15) is 9.18 Å². The molecule has 4 rings (SSSR count). The lowest BCUT2D eigenvalue weighted by Crippen LogP contribution is -2.49. The number of halogens is 1. The third kappa shape index (κ3) is 5.25. The molecule has 1 aliphatic rings. The van der Waals surface area contributed by atoms with Crippen molar-refractivity contribution in [3.63, 3.8) is 0 Å². The van der Waals surface area contributed by atoms with Crippen LogP contribution in [-0.4, -0.2) is 38.2 Å². The Bertz CT molecular complexity index is 1150. The SMILES string of the molecule is COc1ccc(F)cc1CN1CCCN(c2ccc(OC)c(OCc3ccc(C)cc3)c2)C1=O. The van der Waals surface area contributed by atoms with E-state index in [1.165, 1.54) is 24.8 Å². The number of nitrogens with zero attached hydrogens (tertiary/aromatic N) is 2. The van der Waals surface area contributed by atoms with Gasteiger partial charge in [-0.3, -0.25) is 4.90 Å². The average Bonchev–Trinajstić information content (AvgIpc) is 2.85. The number of urea groups is 1. The molecule has 6 nitrogen and oxygen atoms in total. The molecule has 0 spiro atoms. The van der Waals surface area contributed by atoms with E-state index in [0.717, 1.165) is 17.7 Å². The molecule has 7 heteroatoms. The van der Waals surface area contributed by atoms with Gasteiger partial charge >= 0.3 is 6.03 Å². The van der Waals surface area contributed by atoms with Gasteiger partial charge in [-0.05, 0) is 49.2 Å². The van der Waals surface area contributed by atoms with Crippen molar-refractivity contribution in [1.82, 2.24) is 4.90 Å². The van der Waals surface area contributed by atoms with Crippen LogP contribution in [0.3, 0.4) is 0 Å². The lowest BCUT2D eigenvalue weighted by atomic mass is 10.1. The van der Waals surface area contributed by atoms with Gasteiger partial charge < -0.3 is 19.1 Å². The number of hydrogen-bond donors (Lipinski definition) is 0. The van der Waals surface area contributed by atoms with E-state index < -0.39 is 0 Å². The molecular formula is C27H29FN2O4. The summed E-state index contributed by atoms with van der Waals surface area (Å²) in [5.74, 6) is 1.36. The van der Waals surface area contributed by atoms with Gasteiger partial charge in [0.2, 0.25) is 0 Å². The Labute approximate surface area is 199 Å². The number of benzene rings is 3. The number of rotatable bonds is 8. The molecule has 34 heavy (non-hydrogen) atoms. The van der Waals surface area contributed by atoms with Crippen LogP contribution in [0.2, 0.25) is 0 Å². The van der Waals surface area contributed by atoms with E-state index >= 15 is 0 Å². The second-order valence-electron chi connectivity index (χ2n) is 8.27. The van der Waals surface area contributed by atoms with E-state index in [1.807, 2.05) is 49.4 Å². The molecule has 1 fully saturated rings. The second kappa shape index (κ2) is 10.5. The van der Waals surface area contributed by atoms with Crippen LogP contribution in [0.1, 0.15) is 23.1 Å². The molecule has 2 amide bonds. The number of carbonyl (C=O) groups excluding carboxylic acids is 1. The van der Waals surface area contributed by atoms with Crippen molar-refractivity contribution in [2.24, 2.45) is 0 Å². The molecule has 1 saturated heterocycles. The second-order valence-corrected chi connectivity index (χ2v) is 8.27. The van der Waals surface area contributed by atoms with Crippen molar-refractivity contribution in [2.75, 3.05) is 32.2 Å². The van der Waals surface area contributed by atoms with Crippen molar-refractivity contribution in [3.8, 4) is 17.2 Å². The summed E-state index contributed by atoms with van der Waals surface area (Å²) < 4.78 is 30.7. The third-order valence-electron chi connectivity index (χ3n) is 5.89. The fourth-order valence-electron chi connectivity index (χ4n) is 4.04. The first kappa shape index (κ1) is 23.4. The number of hydrogen-bond acceptors (Lipinski definition) is 4. The van der Waals surface area contributed by atoms with Crippen LogP contribution < -0.4 is 19.1 Å². The minimum atomic E-state index is -0.359. The van der Waals surface area contributed by atoms with E-state index in [0.29, 0.717) is 42.5 Å². The number of aryl methyl sites for hydroxylation is 1. The summed E-state index contributed by atoms with van der Waals surface area (Å²) in [6, 6.07) is 17.8. The summed E-state index contributed by atoms with van der Waals surface area (Å²) in [5.41, 5.74) is 3.59. The van der Waals surface area contributed by atoms with Crippen LogP contribution in [0.4, 0.5) is 14.9 Å². The Morgan fingerprint density at radius 1 is 0.882 bits per heavy atom. The summed E-state index contributed by atoms with van der Waals surface area (Å²) in [7, 11) is 3.13. The van der Waals surface area contributed by atoms with Gasteiger partial charge in [-0.25, -0.2) is 9.18 Å². The maximum absolute atomic E-state index is 13.8. The first-order chi connectivity index (χ1) is 16.5. The molecular weight excluding hydrogens is 435 g/mol. The average molecular weight is 465 g/mol. The molecule has 0 saturated carbocycles. The lowest BCUT2D eigenvalue weighted by Gasteiger charge is -2.36. The Hall–Kier alpha value is -3.74. The normalized spacial score (nSPS) is 13.7. The van der Waals surface area contributed by atoms with Crippen molar-refractivity contribution in [2.45, 2.75) is 26.5 Å². The fraction of sp³-hybridized carbons (Fsp3) is 0.296. The molecule has 1 heterocycles. The first-order valence-electron chi connectivity index (χ1n) is 11.2. The molecule has 0 N–H and O–H groups in total. The predicted octanol–water partition coefficient (Wildman–Crippen LogP) is 5.56. The van der Waals surface area contributed by atoms with Gasteiger partial charge in [0, 0.05) is 30.4 Å². The lowest BCUT2D eigenvalue weighted by molar-refractivity contribution is 0.191. The van der Waals surface area contributed by atoms with Gasteiger partial charge in [0.05, 0.1) is 20.8 Å². The Balaban J connectivity index is 1.52. The van der Waals surface area contributed by atoms with E-state index in [1.54, 1.807) is 23.0 Å². The van der Waals surface area contributed by atoms with Gasteiger partial charge in [0.25, 0.3) is 0 Å². The quantitative estimate of drug-likeness (QED) is 0.438. The zero-order chi connectivity index (χ0) is 24.1. The summed E-state index contributed by atoms with van der Waals surface area (Å²) in [5, 5.41) is 0. The number of anilines is 1. The highest BCUT2D eigenvalue weighted by molar-refractivity contribution is 5.93. The summed E-state index contributed by atoms with van der Waals surface area (Å²) >= 11 is 0. The standard InChI is InChI=1S/C27H29FN2O4/c1-19-5-7-20(8-6-19)18-34-26-16-23(10-12-25(26)33-3)30-14-4-13-29(27(30)31)17-21-15-22(28)9-11-24(21)32-2/h5-12,15-16H,4,13-14,17-18H2,1-3H3. The topological polar surface area (TPSA) is 51.2 Å². The number of amides is 2. The van der Waals surface area contributed by atoms with Crippen molar-refractivity contribution in [3.05, 3.63) is 83.2 Å². The fourth-order valence-corrected chi connectivity index (χ4v) is 4.04. The first-order valence-corrected chi connectivity index (χ1v) is 11.2. The van der Waals surface area contributed by atoms with Crippen molar-refractivity contribution < 1.29 is 23.4 Å². The van der Waals surface area contributed by atoms with Crippen molar-refractivity contribution >= 4 is 11.7 Å². The van der Waals surface area contributed by atoms with E-state index in [2.05, 4.69) is 0 Å². The summed E-state index contributed by atoms with van der Waals surface area (Å²) in [6.07, 6.45) is 0.787. The molecule has 0 atom stereocenters. The number of methoxy groups -OCH3 is 2. The minimum Gasteiger partial charge on any atom is -0.496 e. The van der Waals surface area contributed by atoms with Crippen LogP contribution in [0.25, 0.3) is 0 Å². The van der Waals surface area contributed by atoms with Crippen LogP contribution in [-0.2, 0) is 13.2 Å². The molecule has 0 radical (unpaired) electrons.